The van der Waals surface area contributed by atoms with Gasteiger partial charge in [0.1, 0.15) is 17.1 Å². The number of aliphatic hydroxyl groups is 1. The first-order chi connectivity index (χ1) is 9.28. The molecule has 96 valence electrons. The van der Waals surface area contributed by atoms with Crippen molar-refractivity contribution >= 4 is 22.6 Å². The van der Waals surface area contributed by atoms with E-state index in [0.29, 0.717) is 11.6 Å². The Hall–Kier alpha value is -1.91. The van der Waals surface area contributed by atoms with Crippen LogP contribution in [0.25, 0.3) is 22.3 Å². The van der Waals surface area contributed by atoms with Gasteiger partial charge >= 0.3 is 0 Å². The minimum Gasteiger partial charge on any atom is -0.396 e. The maximum Gasteiger partial charge on any atom is 0.142 e. The molecule has 1 aromatic carbocycles. The number of fused-ring (bicyclic) bond motifs is 1. The molecule has 0 unspecified atom stereocenters. The van der Waals surface area contributed by atoms with Crippen molar-refractivity contribution in [2.24, 2.45) is 0 Å². The smallest absolute Gasteiger partial charge is 0.142 e. The third kappa shape index (κ3) is 2.32. The molecule has 0 bridgehead atoms. The molecule has 2 N–H and O–H groups in total. The number of hydrogen-bond donors (Lipinski definition) is 2. The molecular weight excluding hydrogens is 262 g/mol. The number of H-pyrrole nitrogens is 1. The van der Waals surface area contributed by atoms with Crippen LogP contribution in [-0.4, -0.2) is 26.7 Å². The van der Waals surface area contributed by atoms with E-state index < -0.39 is 0 Å². The molecule has 0 radical (unpaired) electrons. The van der Waals surface area contributed by atoms with Crippen LogP contribution in [0.4, 0.5) is 0 Å². The molecule has 0 amide bonds. The Bertz CT molecular complexity index is 706. The molecule has 0 saturated heterocycles. The molecule has 0 aliphatic rings. The lowest BCUT2D eigenvalue weighted by atomic mass is 10.1. The Labute approximate surface area is 115 Å². The number of hydrogen-bond acceptors (Lipinski definition) is 3. The topological polar surface area (TPSA) is 61.8 Å². The Kier molecular flexibility index (Phi) is 3.19. The summed E-state index contributed by atoms with van der Waals surface area (Å²) in [5.74, 6) is 0. The number of nitrogens with one attached hydrogen (secondary N) is 1. The van der Waals surface area contributed by atoms with Crippen molar-refractivity contribution < 1.29 is 5.11 Å². The van der Waals surface area contributed by atoms with Crippen molar-refractivity contribution in [3.05, 3.63) is 47.4 Å². The fourth-order valence-corrected chi connectivity index (χ4v) is 2.23. The summed E-state index contributed by atoms with van der Waals surface area (Å²) < 4.78 is 0. The zero-order valence-corrected chi connectivity index (χ0v) is 10.9. The highest BCUT2D eigenvalue weighted by atomic mass is 35.5. The molecule has 0 atom stereocenters. The lowest BCUT2D eigenvalue weighted by Crippen LogP contribution is -1.89. The van der Waals surface area contributed by atoms with Gasteiger partial charge in [-0.05, 0) is 23.6 Å². The summed E-state index contributed by atoms with van der Waals surface area (Å²) in [7, 11) is 0. The predicted octanol–water partition coefficient (Wildman–Crippen LogP) is 2.81. The molecule has 0 aliphatic heterocycles. The minimum atomic E-state index is 0.164. The average Bonchev–Trinajstić information content (AvgIpc) is 2.85. The summed E-state index contributed by atoms with van der Waals surface area (Å²) in [5.41, 5.74) is 3.85. The molecule has 3 rings (SSSR count). The standard InChI is InChI=1S/C14H12ClN3O/c15-13-11-7-12(18-14(11)17-8-16-13)10-3-1-9(2-4-10)5-6-19/h1-4,7-8,19H,5-6H2,(H,16,17,18). The van der Waals surface area contributed by atoms with Crippen LogP contribution in [-0.2, 0) is 6.42 Å². The molecular formula is C14H12ClN3O. The molecule has 2 aromatic heterocycles. The zero-order chi connectivity index (χ0) is 13.2. The molecule has 0 spiro atoms. The first-order valence-corrected chi connectivity index (χ1v) is 6.35. The number of aromatic amines is 1. The zero-order valence-electron chi connectivity index (χ0n) is 10.1. The fourth-order valence-electron chi connectivity index (χ4n) is 2.05. The second-order valence-electron chi connectivity index (χ2n) is 4.28. The van der Waals surface area contributed by atoms with E-state index >= 15 is 0 Å². The summed E-state index contributed by atoms with van der Waals surface area (Å²) in [6, 6.07) is 9.97. The average molecular weight is 274 g/mol. The van der Waals surface area contributed by atoms with Gasteiger partial charge in [-0.1, -0.05) is 35.9 Å². The predicted molar refractivity (Wildman–Crippen MR) is 75.1 cm³/mol. The van der Waals surface area contributed by atoms with Gasteiger partial charge in [0.25, 0.3) is 0 Å². The van der Waals surface area contributed by atoms with Crippen molar-refractivity contribution in [3.8, 4) is 11.3 Å². The highest BCUT2D eigenvalue weighted by Gasteiger charge is 2.07. The van der Waals surface area contributed by atoms with E-state index in [1.807, 2.05) is 30.3 Å². The second kappa shape index (κ2) is 4.99. The summed E-state index contributed by atoms with van der Waals surface area (Å²) in [6.07, 6.45) is 2.11. The van der Waals surface area contributed by atoms with E-state index in [2.05, 4.69) is 15.0 Å². The monoisotopic (exact) mass is 273 g/mol. The lowest BCUT2D eigenvalue weighted by molar-refractivity contribution is 0.299. The number of benzene rings is 1. The Morgan fingerprint density at radius 3 is 2.63 bits per heavy atom. The van der Waals surface area contributed by atoms with Gasteiger partial charge in [0.15, 0.2) is 0 Å². The fraction of sp³-hybridized carbons (Fsp3) is 0.143. The van der Waals surface area contributed by atoms with Crippen molar-refractivity contribution in [1.29, 1.82) is 0 Å². The van der Waals surface area contributed by atoms with Gasteiger partial charge in [-0.15, -0.1) is 0 Å². The molecule has 0 saturated carbocycles. The van der Waals surface area contributed by atoms with Crippen LogP contribution in [0.1, 0.15) is 5.56 Å². The SMILES string of the molecule is OCCc1ccc(-c2cc3c(Cl)ncnc3[nH]2)cc1. The van der Waals surface area contributed by atoms with Crippen molar-refractivity contribution in [1.82, 2.24) is 15.0 Å². The van der Waals surface area contributed by atoms with E-state index in [4.69, 9.17) is 16.7 Å². The normalized spacial score (nSPS) is 11.1. The minimum absolute atomic E-state index is 0.164. The molecule has 5 heteroatoms. The van der Waals surface area contributed by atoms with E-state index in [-0.39, 0.29) is 6.61 Å². The summed E-state index contributed by atoms with van der Waals surface area (Å²) in [6.45, 7) is 0.164. The summed E-state index contributed by atoms with van der Waals surface area (Å²) in [5, 5.41) is 10.2. The highest BCUT2D eigenvalue weighted by molar-refractivity contribution is 6.34. The quantitative estimate of drug-likeness (QED) is 0.722. The van der Waals surface area contributed by atoms with Crippen LogP contribution >= 0.6 is 11.6 Å². The third-order valence-corrected chi connectivity index (χ3v) is 3.34. The van der Waals surface area contributed by atoms with Gasteiger partial charge in [0.2, 0.25) is 0 Å². The number of aromatic nitrogens is 3. The number of halogens is 1. The summed E-state index contributed by atoms with van der Waals surface area (Å²) in [4.78, 5) is 11.3. The van der Waals surface area contributed by atoms with Crippen LogP contribution in [0.3, 0.4) is 0 Å². The number of rotatable bonds is 3. The molecule has 0 aliphatic carbocycles. The van der Waals surface area contributed by atoms with Crippen molar-refractivity contribution in [3.63, 3.8) is 0 Å². The van der Waals surface area contributed by atoms with Gasteiger partial charge in [-0.3, -0.25) is 0 Å². The Balaban J connectivity index is 2.01. The Morgan fingerprint density at radius 2 is 1.95 bits per heavy atom. The molecule has 4 nitrogen and oxygen atoms in total. The number of nitrogens with zero attached hydrogens (tertiary/aromatic N) is 2. The molecule has 0 fully saturated rings. The van der Waals surface area contributed by atoms with Gasteiger partial charge in [0.05, 0.1) is 5.39 Å². The van der Waals surface area contributed by atoms with Crippen LogP contribution < -0.4 is 0 Å². The van der Waals surface area contributed by atoms with Gasteiger partial charge in [-0.2, -0.15) is 0 Å². The Morgan fingerprint density at radius 1 is 1.16 bits per heavy atom. The van der Waals surface area contributed by atoms with Gasteiger partial charge in [-0.25, -0.2) is 9.97 Å². The van der Waals surface area contributed by atoms with Crippen LogP contribution in [0.2, 0.25) is 5.15 Å². The van der Waals surface area contributed by atoms with Crippen LogP contribution in [0.15, 0.2) is 36.7 Å². The van der Waals surface area contributed by atoms with Crippen molar-refractivity contribution in [2.45, 2.75) is 6.42 Å². The molecule has 19 heavy (non-hydrogen) atoms. The third-order valence-electron chi connectivity index (χ3n) is 3.04. The van der Waals surface area contributed by atoms with E-state index in [0.717, 1.165) is 27.9 Å². The van der Waals surface area contributed by atoms with Crippen LogP contribution in [0.5, 0.6) is 0 Å². The van der Waals surface area contributed by atoms with E-state index in [1.165, 1.54) is 6.33 Å². The van der Waals surface area contributed by atoms with Crippen LogP contribution in [0, 0.1) is 0 Å². The first-order valence-electron chi connectivity index (χ1n) is 5.97. The lowest BCUT2D eigenvalue weighted by Gasteiger charge is -2.00. The summed E-state index contributed by atoms with van der Waals surface area (Å²) >= 11 is 6.03. The van der Waals surface area contributed by atoms with Gasteiger partial charge in [0, 0.05) is 12.3 Å². The van der Waals surface area contributed by atoms with E-state index in [9.17, 15) is 0 Å². The molecule has 2 heterocycles. The second-order valence-corrected chi connectivity index (χ2v) is 4.64. The maximum atomic E-state index is 8.90. The van der Waals surface area contributed by atoms with E-state index in [1.54, 1.807) is 0 Å². The molecule has 3 aromatic rings. The van der Waals surface area contributed by atoms with Crippen molar-refractivity contribution in [2.75, 3.05) is 6.61 Å². The number of aliphatic hydroxyl groups excluding tert-OH is 1. The van der Waals surface area contributed by atoms with Gasteiger partial charge < -0.3 is 10.1 Å². The maximum absolute atomic E-state index is 8.90. The first kappa shape index (κ1) is 12.1. The largest absolute Gasteiger partial charge is 0.396 e. The highest BCUT2D eigenvalue weighted by Crippen LogP contribution is 2.26.